The molecule has 4 nitrogen and oxygen atoms in total. The van der Waals surface area contributed by atoms with Crippen molar-refractivity contribution < 1.29 is 0 Å². The second kappa shape index (κ2) is 5.92. The first-order chi connectivity index (χ1) is 7.88. The lowest BCUT2D eigenvalue weighted by molar-refractivity contribution is 0.165. The third kappa shape index (κ3) is 3.25. The van der Waals surface area contributed by atoms with E-state index >= 15 is 0 Å². The molecule has 1 N–H and O–H groups in total. The molecule has 1 aliphatic rings. The molecule has 4 heteroatoms. The summed E-state index contributed by atoms with van der Waals surface area (Å²) in [4.78, 5) is 10.9. The Kier molecular flexibility index (Phi) is 4.25. The molecule has 1 fully saturated rings. The minimum Gasteiger partial charge on any atom is -0.319 e. The van der Waals surface area contributed by atoms with Crippen molar-refractivity contribution in [3.8, 4) is 0 Å². The summed E-state index contributed by atoms with van der Waals surface area (Å²) >= 11 is 0. The fourth-order valence-corrected chi connectivity index (χ4v) is 2.39. The van der Waals surface area contributed by atoms with Crippen LogP contribution in [-0.2, 0) is 6.54 Å². The van der Waals surface area contributed by atoms with E-state index in [1.165, 1.54) is 25.9 Å². The van der Waals surface area contributed by atoms with E-state index < -0.39 is 0 Å². The zero-order valence-electron chi connectivity index (χ0n) is 9.89. The average molecular weight is 220 g/mol. The first kappa shape index (κ1) is 11.5. The summed E-state index contributed by atoms with van der Waals surface area (Å²) in [6.07, 6.45) is 8.00. The van der Waals surface area contributed by atoms with E-state index in [2.05, 4.69) is 20.2 Å². The number of likely N-dealkylation sites (tertiary alicyclic amines) is 1. The van der Waals surface area contributed by atoms with Gasteiger partial charge < -0.3 is 5.32 Å². The standard InChI is InChI=1S/C12H20N4/c1-13-7-11-3-2-6-16(9-11)10-12-8-14-4-5-15-12/h4-5,8,11,13H,2-3,6-7,9-10H2,1H3. The Balaban J connectivity index is 1.85. The molecular formula is C12H20N4. The molecule has 0 radical (unpaired) electrons. The third-order valence-corrected chi connectivity index (χ3v) is 3.10. The molecule has 2 heterocycles. The van der Waals surface area contributed by atoms with Gasteiger partial charge in [0, 0.05) is 31.7 Å². The molecule has 1 aliphatic heterocycles. The Bertz CT molecular complexity index is 299. The van der Waals surface area contributed by atoms with Gasteiger partial charge in [0.15, 0.2) is 0 Å². The summed E-state index contributed by atoms with van der Waals surface area (Å²) < 4.78 is 0. The predicted octanol–water partition coefficient (Wildman–Crippen LogP) is 0.908. The summed E-state index contributed by atoms with van der Waals surface area (Å²) in [7, 11) is 2.03. The summed E-state index contributed by atoms with van der Waals surface area (Å²) in [6.45, 7) is 4.43. The smallest absolute Gasteiger partial charge is 0.0726 e. The van der Waals surface area contributed by atoms with Gasteiger partial charge in [-0.25, -0.2) is 0 Å². The highest BCUT2D eigenvalue weighted by Crippen LogP contribution is 2.16. The minimum atomic E-state index is 0.787. The highest BCUT2D eigenvalue weighted by molar-refractivity contribution is 4.95. The molecule has 1 saturated heterocycles. The predicted molar refractivity (Wildman–Crippen MR) is 64.0 cm³/mol. The van der Waals surface area contributed by atoms with Crippen molar-refractivity contribution in [1.29, 1.82) is 0 Å². The molecule has 0 bridgehead atoms. The summed E-state index contributed by atoms with van der Waals surface area (Å²) in [5.74, 6) is 0.787. The van der Waals surface area contributed by atoms with Crippen LogP contribution in [0.1, 0.15) is 18.5 Å². The molecule has 0 saturated carbocycles. The maximum absolute atomic E-state index is 4.32. The van der Waals surface area contributed by atoms with Gasteiger partial charge in [0.25, 0.3) is 0 Å². The number of hydrogen-bond donors (Lipinski definition) is 1. The lowest BCUT2D eigenvalue weighted by Gasteiger charge is -2.32. The van der Waals surface area contributed by atoms with Crippen LogP contribution in [0.15, 0.2) is 18.6 Å². The van der Waals surface area contributed by atoms with Crippen LogP contribution in [0.25, 0.3) is 0 Å². The van der Waals surface area contributed by atoms with Crippen LogP contribution >= 0.6 is 0 Å². The van der Waals surface area contributed by atoms with Gasteiger partial charge in [-0.15, -0.1) is 0 Å². The number of rotatable bonds is 4. The molecule has 16 heavy (non-hydrogen) atoms. The largest absolute Gasteiger partial charge is 0.319 e. The zero-order chi connectivity index (χ0) is 11.2. The molecule has 1 aromatic heterocycles. The van der Waals surface area contributed by atoms with Gasteiger partial charge in [-0.3, -0.25) is 14.9 Å². The van der Waals surface area contributed by atoms with Gasteiger partial charge in [-0.2, -0.15) is 0 Å². The van der Waals surface area contributed by atoms with Crippen molar-refractivity contribution in [3.05, 3.63) is 24.3 Å². The molecular weight excluding hydrogens is 200 g/mol. The molecule has 0 amide bonds. The molecule has 0 spiro atoms. The molecule has 0 aromatic carbocycles. The van der Waals surface area contributed by atoms with Crippen molar-refractivity contribution in [1.82, 2.24) is 20.2 Å². The first-order valence-corrected chi connectivity index (χ1v) is 6.00. The van der Waals surface area contributed by atoms with E-state index in [4.69, 9.17) is 0 Å². The summed E-state index contributed by atoms with van der Waals surface area (Å²) in [5, 5.41) is 3.27. The number of nitrogens with one attached hydrogen (secondary N) is 1. The van der Waals surface area contributed by atoms with Crippen LogP contribution in [0, 0.1) is 5.92 Å². The van der Waals surface area contributed by atoms with E-state index in [0.717, 1.165) is 24.7 Å². The van der Waals surface area contributed by atoms with Gasteiger partial charge in [0.2, 0.25) is 0 Å². The summed E-state index contributed by atoms with van der Waals surface area (Å²) in [6, 6.07) is 0. The van der Waals surface area contributed by atoms with Crippen molar-refractivity contribution in [2.75, 3.05) is 26.7 Å². The van der Waals surface area contributed by atoms with Gasteiger partial charge in [0.05, 0.1) is 5.69 Å². The minimum absolute atomic E-state index is 0.787. The molecule has 1 aromatic rings. The van der Waals surface area contributed by atoms with Crippen molar-refractivity contribution in [2.45, 2.75) is 19.4 Å². The van der Waals surface area contributed by atoms with Crippen LogP contribution in [0.3, 0.4) is 0 Å². The molecule has 1 unspecified atom stereocenters. The first-order valence-electron chi connectivity index (χ1n) is 6.00. The van der Waals surface area contributed by atoms with E-state index in [-0.39, 0.29) is 0 Å². The SMILES string of the molecule is CNCC1CCCN(Cc2cnccn2)C1. The Labute approximate surface area is 97.1 Å². The van der Waals surface area contributed by atoms with E-state index in [1.807, 2.05) is 13.2 Å². The quantitative estimate of drug-likeness (QED) is 0.819. The number of aromatic nitrogens is 2. The summed E-state index contributed by atoms with van der Waals surface area (Å²) in [5.41, 5.74) is 1.08. The maximum Gasteiger partial charge on any atom is 0.0726 e. The normalized spacial score (nSPS) is 22.2. The van der Waals surface area contributed by atoms with Crippen LogP contribution < -0.4 is 5.32 Å². The van der Waals surface area contributed by atoms with Gasteiger partial charge in [-0.05, 0) is 38.9 Å². The molecule has 88 valence electrons. The second-order valence-electron chi connectivity index (χ2n) is 4.50. The Morgan fingerprint density at radius 3 is 3.19 bits per heavy atom. The van der Waals surface area contributed by atoms with Gasteiger partial charge in [0.1, 0.15) is 0 Å². The van der Waals surface area contributed by atoms with E-state index in [1.54, 1.807) is 12.4 Å². The Morgan fingerprint density at radius 2 is 2.44 bits per heavy atom. The highest BCUT2D eigenvalue weighted by Gasteiger charge is 2.19. The number of hydrogen-bond acceptors (Lipinski definition) is 4. The van der Waals surface area contributed by atoms with Crippen LogP contribution in [0.5, 0.6) is 0 Å². The third-order valence-electron chi connectivity index (χ3n) is 3.10. The van der Waals surface area contributed by atoms with Crippen LogP contribution in [0.4, 0.5) is 0 Å². The zero-order valence-corrected chi connectivity index (χ0v) is 9.89. The highest BCUT2D eigenvalue weighted by atomic mass is 15.1. The van der Waals surface area contributed by atoms with Gasteiger partial charge in [-0.1, -0.05) is 0 Å². The average Bonchev–Trinajstić information content (AvgIpc) is 2.31. The fraction of sp³-hybridized carbons (Fsp3) is 0.667. The second-order valence-corrected chi connectivity index (χ2v) is 4.50. The molecule has 2 rings (SSSR count). The Hall–Kier alpha value is -1.00. The van der Waals surface area contributed by atoms with Crippen molar-refractivity contribution >= 4 is 0 Å². The Morgan fingerprint density at radius 1 is 1.50 bits per heavy atom. The number of nitrogens with zero attached hydrogens (tertiary/aromatic N) is 3. The number of piperidine rings is 1. The van der Waals surface area contributed by atoms with Crippen molar-refractivity contribution in [2.24, 2.45) is 5.92 Å². The lowest BCUT2D eigenvalue weighted by Crippen LogP contribution is -2.38. The van der Waals surface area contributed by atoms with Gasteiger partial charge >= 0.3 is 0 Å². The molecule has 0 aliphatic carbocycles. The monoisotopic (exact) mass is 220 g/mol. The lowest BCUT2D eigenvalue weighted by atomic mass is 9.98. The van der Waals surface area contributed by atoms with E-state index in [0.29, 0.717) is 0 Å². The van der Waals surface area contributed by atoms with Crippen LogP contribution in [0.2, 0.25) is 0 Å². The molecule has 1 atom stereocenters. The van der Waals surface area contributed by atoms with E-state index in [9.17, 15) is 0 Å². The fourth-order valence-electron chi connectivity index (χ4n) is 2.39. The maximum atomic E-state index is 4.32. The van der Waals surface area contributed by atoms with Crippen LogP contribution in [-0.4, -0.2) is 41.5 Å². The van der Waals surface area contributed by atoms with Crippen molar-refractivity contribution in [3.63, 3.8) is 0 Å². The topological polar surface area (TPSA) is 41.0 Å².